The number of esters is 1. The van der Waals surface area contributed by atoms with Crippen molar-refractivity contribution in [2.45, 2.75) is 32.9 Å². The van der Waals surface area contributed by atoms with Gasteiger partial charge >= 0.3 is 5.97 Å². The minimum atomic E-state index is -3.16. The molecule has 0 bridgehead atoms. The number of carbonyl (C=O) groups is 2. The molecule has 0 radical (unpaired) electrons. The monoisotopic (exact) mass is 405 g/mol. The normalized spacial score (nSPS) is 18.0. The number of ether oxygens (including phenoxy) is 1. The van der Waals surface area contributed by atoms with Gasteiger partial charge in [0.25, 0.3) is 5.91 Å². The Morgan fingerprint density at radius 2 is 1.93 bits per heavy atom. The molecule has 8 heteroatoms. The zero-order valence-electron chi connectivity index (χ0n) is 15.9. The first-order valence-corrected chi connectivity index (χ1v) is 10.9. The van der Waals surface area contributed by atoms with Crippen molar-refractivity contribution in [1.29, 1.82) is 0 Å². The molecule has 0 aliphatic carbocycles. The van der Waals surface area contributed by atoms with E-state index in [-0.39, 0.29) is 23.6 Å². The predicted octanol–water partition coefficient (Wildman–Crippen LogP) is 2.27. The number of hydrogen-bond donors (Lipinski definition) is 0. The van der Waals surface area contributed by atoms with Crippen LogP contribution in [0.15, 0.2) is 40.8 Å². The number of rotatable bonds is 6. The maximum atomic E-state index is 12.8. The van der Waals surface area contributed by atoms with E-state index in [1.165, 1.54) is 4.90 Å². The molecule has 0 unspecified atom stereocenters. The zero-order valence-corrected chi connectivity index (χ0v) is 16.7. The van der Waals surface area contributed by atoms with Crippen molar-refractivity contribution in [2.75, 3.05) is 18.1 Å². The summed E-state index contributed by atoms with van der Waals surface area (Å²) < 4.78 is 34.2. The molecule has 150 valence electrons. The van der Waals surface area contributed by atoms with E-state index in [9.17, 15) is 18.0 Å². The van der Waals surface area contributed by atoms with Crippen molar-refractivity contribution in [3.05, 3.63) is 59.0 Å². The Morgan fingerprint density at radius 3 is 2.50 bits per heavy atom. The van der Waals surface area contributed by atoms with Gasteiger partial charge in [-0.3, -0.25) is 4.79 Å². The van der Waals surface area contributed by atoms with Gasteiger partial charge in [0.1, 0.15) is 17.1 Å². The summed E-state index contributed by atoms with van der Waals surface area (Å²) in [7, 11) is -3.16. The summed E-state index contributed by atoms with van der Waals surface area (Å²) in [6.07, 6.45) is 0.384. The van der Waals surface area contributed by atoms with E-state index in [1.54, 1.807) is 19.9 Å². The molecule has 7 nitrogen and oxygen atoms in total. The van der Waals surface area contributed by atoms with Crippen LogP contribution in [-0.2, 0) is 25.9 Å². The lowest BCUT2D eigenvalue weighted by Crippen LogP contribution is -2.42. The highest BCUT2D eigenvalue weighted by Crippen LogP contribution is 2.21. The standard InChI is InChI=1S/C20H23NO6S/c1-14-10-18(15(2)27-14)20(23)26-12-19(22)21(11-16-6-4-3-5-7-16)17-8-9-28(24,25)13-17/h3-7,10,17H,8-9,11-13H2,1-2H3/t17-/m1/s1. The number of aryl methyl sites for hydroxylation is 2. The van der Waals surface area contributed by atoms with Crippen LogP contribution in [0.25, 0.3) is 0 Å². The van der Waals surface area contributed by atoms with E-state index in [0.717, 1.165) is 5.56 Å². The highest BCUT2D eigenvalue weighted by molar-refractivity contribution is 7.91. The summed E-state index contributed by atoms with van der Waals surface area (Å²) in [4.78, 5) is 26.5. The third-order valence-electron chi connectivity index (χ3n) is 4.75. The summed E-state index contributed by atoms with van der Waals surface area (Å²) in [6, 6.07) is 10.5. The van der Waals surface area contributed by atoms with Gasteiger partial charge in [0.05, 0.1) is 11.5 Å². The van der Waals surface area contributed by atoms with Crippen LogP contribution in [0.5, 0.6) is 0 Å². The smallest absolute Gasteiger partial charge is 0.342 e. The molecule has 1 amide bonds. The third kappa shape index (κ3) is 4.81. The molecule has 1 aliphatic rings. The van der Waals surface area contributed by atoms with E-state index < -0.39 is 34.4 Å². The van der Waals surface area contributed by atoms with Crippen molar-refractivity contribution >= 4 is 21.7 Å². The molecular weight excluding hydrogens is 382 g/mol. The SMILES string of the molecule is Cc1cc(C(=O)OCC(=O)N(Cc2ccccc2)[C@@H]2CCS(=O)(=O)C2)c(C)o1. The number of amides is 1. The molecule has 0 saturated carbocycles. The summed E-state index contributed by atoms with van der Waals surface area (Å²) in [6.45, 7) is 3.18. The fourth-order valence-corrected chi connectivity index (χ4v) is 5.07. The molecule has 0 spiro atoms. The Labute approximate surface area is 164 Å². The average Bonchev–Trinajstić information content (AvgIpc) is 3.18. The molecule has 1 aliphatic heterocycles. The van der Waals surface area contributed by atoms with Crippen LogP contribution in [-0.4, -0.2) is 49.3 Å². The number of hydrogen-bond acceptors (Lipinski definition) is 6. The Balaban J connectivity index is 1.71. The van der Waals surface area contributed by atoms with E-state index in [1.807, 2.05) is 30.3 Å². The molecule has 3 rings (SSSR count). The second-order valence-corrected chi connectivity index (χ2v) is 9.20. The second kappa shape index (κ2) is 8.18. The van der Waals surface area contributed by atoms with Crippen LogP contribution < -0.4 is 0 Å². The number of furan rings is 1. The van der Waals surface area contributed by atoms with Gasteiger partial charge in [-0.25, -0.2) is 13.2 Å². The highest BCUT2D eigenvalue weighted by atomic mass is 32.2. The minimum Gasteiger partial charge on any atom is -0.466 e. The summed E-state index contributed by atoms with van der Waals surface area (Å²) in [5.41, 5.74) is 1.16. The van der Waals surface area contributed by atoms with Gasteiger partial charge < -0.3 is 14.1 Å². The fourth-order valence-electron chi connectivity index (χ4n) is 3.34. The van der Waals surface area contributed by atoms with Gasteiger partial charge in [0.2, 0.25) is 0 Å². The quantitative estimate of drug-likeness (QED) is 0.685. The summed E-state index contributed by atoms with van der Waals surface area (Å²) in [5.74, 6) is -0.0579. The molecule has 0 N–H and O–H groups in total. The van der Waals surface area contributed by atoms with Gasteiger partial charge in [-0.15, -0.1) is 0 Å². The largest absolute Gasteiger partial charge is 0.466 e. The van der Waals surface area contributed by atoms with Crippen LogP contribution in [0.2, 0.25) is 0 Å². The Bertz CT molecular complexity index is 964. The van der Waals surface area contributed by atoms with Crippen molar-refractivity contribution < 1.29 is 27.2 Å². The van der Waals surface area contributed by atoms with Crippen LogP contribution in [0.3, 0.4) is 0 Å². The fraction of sp³-hybridized carbons (Fsp3) is 0.400. The van der Waals surface area contributed by atoms with Crippen LogP contribution in [0.4, 0.5) is 0 Å². The molecular formula is C20H23NO6S. The molecule has 1 aromatic heterocycles. The first-order valence-electron chi connectivity index (χ1n) is 9.03. The van der Waals surface area contributed by atoms with Gasteiger partial charge in [-0.2, -0.15) is 0 Å². The average molecular weight is 405 g/mol. The van der Waals surface area contributed by atoms with Crippen LogP contribution >= 0.6 is 0 Å². The van der Waals surface area contributed by atoms with E-state index in [0.29, 0.717) is 17.9 Å². The third-order valence-corrected chi connectivity index (χ3v) is 6.50. The Kier molecular flexibility index (Phi) is 5.88. The molecule has 1 aromatic carbocycles. The van der Waals surface area contributed by atoms with Crippen molar-refractivity contribution in [3.63, 3.8) is 0 Å². The lowest BCUT2D eigenvalue weighted by Gasteiger charge is -2.28. The van der Waals surface area contributed by atoms with Gasteiger partial charge in [-0.1, -0.05) is 30.3 Å². The van der Waals surface area contributed by atoms with Gasteiger partial charge in [-0.05, 0) is 31.9 Å². The van der Waals surface area contributed by atoms with Crippen LogP contribution in [0.1, 0.15) is 33.9 Å². The van der Waals surface area contributed by atoms with Crippen molar-refractivity contribution in [3.8, 4) is 0 Å². The van der Waals surface area contributed by atoms with E-state index >= 15 is 0 Å². The van der Waals surface area contributed by atoms with Crippen molar-refractivity contribution in [2.24, 2.45) is 0 Å². The maximum absolute atomic E-state index is 12.8. The zero-order chi connectivity index (χ0) is 20.3. The minimum absolute atomic E-state index is 0.0590. The van der Waals surface area contributed by atoms with Gasteiger partial charge in [0.15, 0.2) is 16.4 Å². The summed E-state index contributed by atoms with van der Waals surface area (Å²) in [5, 5.41) is 0. The van der Waals surface area contributed by atoms with Gasteiger partial charge in [0, 0.05) is 12.6 Å². The highest BCUT2D eigenvalue weighted by Gasteiger charge is 2.35. The van der Waals surface area contributed by atoms with Crippen molar-refractivity contribution in [1.82, 2.24) is 4.90 Å². The number of benzene rings is 1. The number of carbonyl (C=O) groups excluding carboxylic acids is 2. The molecule has 1 fully saturated rings. The molecule has 2 heterocycles. The molecule has 1 atom stereocenters. The number of nitrogens with zero attached hydrogens (tertiary/aromatic N) is 1. The molecule has 28 heavy (non-hydrogen) atoms. The first kappa shape index (κ1) is 20.1. The number of sulfone groups is 1. The van der Waals surface area contributed by atoms with E-state index in [2.05, 4.69) is 0 Å². The lowest BCUT2D eigenvalue weighted by atomic mass is 10.1. The first-order chi connectivity index (χ1) is 13.2. The lowest BCUT2D eigenvalue weighted by molar-refractivity contribution is -0.137. The predicted molar refractivity (Wildman–Crippen MR) is 103 cm³/mol. The van der Waals surface area contributed by atoms with E-state index in [4.69, 9.17) is 9.15 Å². The molecule has 2 aromatic rings. The Hall–Kier alpha value is -2.61. The Morgan fingerprint density at radius 1 is 1.21 bits per heavy atom. The maximum Gasteiger partial charge on any atom is 0.342 e. The van der Waals surface area contributed by atoms with Crippen LogP contribution in [0, 0.1) is 13.8 Å². The summed E-state index contributed by atoms with van der Waals surface area (Å²) >= 11 is 0. The second-order valence-electron chi connectivity index (χ2n) is 6.97. The topological polar surface area (TPSA) is 93.9 Å². The molecule has 1 saturated heterocycles.